The fourth-order valence-corrected chi connectivity index (χ4v) is 3.12. The van der Waals surface area contributed by atoms with Crippen molar-refractivity contribution in [2.24, 2.45) is 0 Å². The Morgan fingerprint density at radius 2 is 1.48 bits per heavy atom. The van der Waals surface area contributed by atoms with Crippen LogP contribution in [0.4, 0.5) is 0 Å². The van der Waals surface area contributed by atoms with E-state index in [1.165, 1.54) is 5.56 Å². The second-order valence-corrected chi connectivity index (χ2v) is 6.23. The Bertz CT molecular complexity index is 934. The molecule has 0 radical (unpaired) electrons. The first-order valence-corrected chi connectivity index (χ1v) is 8.58. The van der Waals surface area contributed by atoms with Crippen LogP contribution in [0.1, 0.15) is 23.7 Å². The van der Waals surface area contributed by atoms with Gasteiger partial charge in [0.25, 0.3) is 0 Å². The van der Waals surface area contributed by atoms with Gasteiger partial charge in [0.1, 0.15) is 0 Å². The van der Waals surface area contributed by atoms with Gasteiger partial charge in [-0.1, -0.05) is 78.9 Å². The van der Waals surface area contributed by atoms with Gasteiger partial charge in [-0.3, -0.25) is 0 Å². The molecule has 4 rings (SSSR count). The fraction of sp³-hybridized carbons (Fsp3) is 0.0952. The minimum atomic E-state index is 0.208. The average Bonchev–Trinajstić information content (AvgIpc) is 2.69. The third-order valence-corrected chi connectivity index (χ3v) is 4.36. The van der Waals surface area contributed by atoms with E-state index < -0.39 is 0 Å². The first-order valence-electron chi connectivity index (χ1n) is 8.20. The SMILES string of the molecule is Clc1nc(C2=CC(c3ccccc3)CC=C2)nc(-c2ccccc2)n1. The number of rotatable bonds is 3. The minimum Gasteiger partial charge on any atom is -0.208 e. The summed E-state index contributed by atoms with van der Waals surface area (Å²) in [6, 6.07) is 20.3. The Morgan fingerprint density at radius 1 is 0.800 bits per heavy atom. The molecule has 122 valence electrons. The van der Waals surface area contributed by atoms with Crippen LogP contribution in [0.5, 0.6) is 0 Å². The van der Waals surface area contributed by atoms with Gasteiger partial charge in [-0.2, -0.15) is 9.97 Å². The van der Waals surface area contributed by atoms with Crippen LogP contribution in [-0.2, 0) is 0 Å². The number of halogens is 1. The molecule has 0 saturated heterocycles. The summed E-state index contributed by atoms with van der Waals surface area (Å²) in [4.78, 5) is 13.2. The summed E-state index contributed by atoms with van der Waals surface area (Å²) in [7, 11) is 0. The number of hydrogen-bond donors (Lipinski definition) is 0. The zero-order chi connectivity index (χ0) is 17.1. The van der Waals surface area contributed by atoms with Gasteiger partial charge >= 0.3 is 0 Å². The zero-order valence-electron chi connectivity index (χ0n) is 13.5. The van der Waals surface area contributed by atoms with Gasteiger partial charge in [0, 0.05) is 17.1 Å². The molecule has 0 spiro atoms. The van der Waals surface area contributed by atoms with Gasteiger partial charge in [-0.05, 0) is 23.6 Å². The molecule has 1 atom stereocenters. The summed E-state index contributed by atoms with van der Waals surface area (Å²) in [6.07, 6.45) is 7.39. The smallest absolute Gasteiger partial charge is 0.208 e. The number of nitrogens with zero attached hydrogens (tertiary/aromatic N) is 3. The van der Waals surface area contributed by atoms with Crippen LogP contribution in [0.15, 0.2) is 78.9 Å². The summed E-state index contributed by atoms with van der Waals surface area (Å²) in [6.45, 7) is 0. The lowest BCUT2D eigenvalue weighted by Gasteiger charge is -2.17. The Balaban J connectivity index is 1.73. The monoisotopic (exact) mass is 345 g/mol. The standard InChI is InChI=1S/C21H16ClN3/c22-21-24-19(16-10-5-2-6-11-16)23-20(25-21)18-13-7-12-17(14-18)15-8-3-1-4-9-15/h1-11,13-14,17H,12H2. The molecule has 25 heavy (non-hydrogen) atoms. The summed E-state index contributed by atoms with van der Waals surface area (Å²) in [5.74, 6) is 1.51. The van der Waals surface area contributed by atoms with Crippen LogP contribution in [0.3, 0.4) is 0 Å². The van der Waals surface area contributed by atoms with E-state index in [1.807, 2.05) is 36.4 Å². The highest BCUT2D eigenvalue weighted by Crippen LogP contribution is 2.31. The van der Waals surface area contributed by atoms with E-state index >= 15 is 0 Å². The van der Waals surface area contributed by atoms with Crippen LogP contribution in [0, 0.1) is 0 Å². The minimum absolute atomic E-state index is 0.208. The van der Waals surface area contributed by atoms with Gasteiger partial charge in [-0.25, -0.2) is 4.98 Å². The topological polar surface area (TPSA) is 38.7 Å². The lowest BCUT2D eigenvalue weighted by atomic mass is 9.89. The van der Waals surface area contributed by atoms with Crippen molar-refractivity contribution in [3.63, 3.8) is 0 Å². The molecule has 3 nitrogen and oxygen atoms in total. The van der Waals surface area contributed by atoms with Crippen molar-refractivity contribution in [3.05, 3.63) is 95.6 Å². The summed E-state index contributed by atoms with van der Waals surface area (Å²) in [5.41, 5.74) is 3.18. The van der Waals surface area contributed by atoms with Crippen LogP contribution >= 0.6 is 11.6 Å². The van der Waals surface area contributed by atoms with Gasteiger partial charge in [0.15, 0.2) is 11.6 Å². The highest BCUT2D eigenvalue weighted by molar-refractivity contribution is 6.28. The maximum absolute atomic E-state index is 6.16. The number of benzene rings is 2. The van der Waals surface area contributed by atoms with Crippen molar-refractivity contribution in [1.82, 2.24) is 15.0 Å². The van der Waals surface area contributed by atoms with Crippen molar-refractivity contribution in [2.45, 2.75) is 12.3 Å². The first kappa shape index (κ1) is 15.7. The molecule has 1 aromatic heterocycles. The second-order valence-electron chi connectivity index (χ2n) is 5.89. The van der Waals surface area contributed by atoms with Crippen LogP contribution in [-0.4, -0.2) is 15.0 Å². The van der Waals surface area contributed by atoms with Gasteiger partial charge in [0.2, 0.25) is 5.28 Å². The van der Waals surface area contributed by atoms with E-state index in [0.29, 0.717) is 17.6 Å². The maximum Gasteiger partial charge on any atom is 0.226 e. The molecule has 1 aliphatic rings. The normalized spacial score (nSPS) is 16.5. The summed E-state index contributed by atoms with van der Waals surface area (Å²) < 4.78 is 0. The molecular weight excluding hydrogens is 330 g/mol. The lowest BCUT2D eigenvalue weighted by Crippen LogP contribution is -2.04. The molecule has 0 amide bonds. The molecule has 1 unspecified atom stereocenters. The van der Waals surface area contributed by atoms with E-state index in [2.05, 4.69) is 57.4 Å². The quantitative estimate of drug-likeness (QED) is 0.645. The molecule has 1 aliphatic carbocycles. The Morgan fingerprint density at radius 3 is 2.24 bits per heavy atom. The van der Waals surface area contributed by atoms with E-state index in [0.717, 1.165) is 17.6 Å². The highest BCUT2D eigenvalue weighted by atomic mass is 35.5. The lowest BCUT2D eigenvalue weighted by molar-refractivity contribution is 0.853. The molecule has 2 aromatic carbocycles. The Hall–Kier alpha value is -2.78. The predicted octanol–water partition coefficient (Wildman–Crippen LogP) is 5.32. The summed E-state index contributed by atoms with van der Waals surface area (Å²) >= 11 is 6.16. The van der Waals surface area contributed by atoms with E-state index in [4.69, 9.17) is 11.6 Å². The van der Waals surface area contributed by atoms with Gasteiger partial charge in [0.05, 0.1) is 0 Å². The van der Waals surface area contributed by atoms with Gasteiger partial charge < -0.3 is 0 Å². The largest absolute Gasteiger partial charge is 0.226 e. The maximum atomic E-state index is 6.16. The van der Waals surface area contributed by atoms with E-state index in [1.54, 1.807) is 0 Å². The molecule has 1 heterocycles. The van der Waals surface area contributed by atoms with Crippen molar-refractivity contribution >= 4 is 17.2 Å². The van der Waals surface area contributed by atoms with Gasteiger partial charge in [-0.15, -0.1) is 0 Å². The Labute approximate surface area is 151 Å². The molecular formula is C21H16ClN3. The van der Waals surface area contributed by atoms with Crippen molar-refractivity contribution in [1.29, 1.82) is 0 Å². The molecule has 3 aromatic rings. The molecule has 0 saturated carbocycles. The fourth-order valence-electron chi connectivity index (χ4n) is 2.96. The van der Waals surface area contributed by atoms with Crippen molar-refractivity contribution in [3.8, 4) is 11.4 Å². The molecule has 0 aliphatic heterocycles. The predicted molar refractivity (Wildman–Crippen MR) is 101 cm³/mol. The molecule has 4 heteroatoms. The zero-order valence-corrected chi connectivity index (χ0v) is 14.3. The molecule has 0 fully saturated rings. The van der Waals surface area contributed by atoms with Crippen LogP contribution in [0.25, 0.3) is 17.0 Å². The van der Waals surface area contributed by atoms with E-state index in [9.17, 15) is 0 Å². The Kier molecular flexibility index (Phi) is 4.40. The average molecular weight is 346 g/mol. The second kappa shape index (κ2) is 6.99. The van der Waals surface area contributed by atoms with Crippen molar-refractivity contribution < 1.29 is 0 Å². The van der Waals surface area contributed by atoms with Crippen molar-refractivity contribution in [2.75, 3.05) is 0 Å². The third kappa shape index (κ3) is 3.52. The third-order valence-electron chi connectivity index (χ3n) is 4.19. The first-order chi connectivity index (χ1) is 12.3. The van der Waals surface area contributed by atoms with Crippen LogP contribution < -0.4 is 0 Å². The number of aromatic nitrogens is 3. The highest BCUT2D eigenvalue weighted by Gasteiger charge is 2.16. The summed E-state index contributed by atoms with van der Waals surface area (Å²) in [5, 5.41) is 0.208. The van der Waals surface area contributed by atoms with Crippen LogP contribution in [0.2, 0.25) is 5.28 Å². The van der Waals surface area contributed by atoms with E-state index in [-0.39, 0.29) is 5.28 Å². The number of hydrogen-bond acceptors (Lipinski definition) is 3. The molecule has 0 bridgehead atoms. The number of allylic oxidation sites excluding steroid dienone is 4. The molecule has 0 N–H and O–H groups in total.